The van der Waals surface area contributed by atoms with Crippen LogP contribution < -0.4 is 4.90 Å². The fraction of sp³-hybridized carbons (Fsp3) is 0.224. The van der Waals surface area contributed by atoms with Gasteiger partial charge in [0.1, 0.15) is 0 Å². The molecule has 338 valence electrons. The summed E-state index contributed by atoms with van der Waals surface area (Å²) in [6.07, 6.45) is 13.3. The molecule has 2 fully saturated rings. The van der Waals surface area contributed by atoms with Crippen LogP contribution in [0.25, 0.3) is 71.6 Å². The zero-order valence-corrected chi connectivity index (χ0v) is 40.1. The van der Waals surface area contributed by atoms with Crippen molar-refractivity contribution in [1.29, 1.82) is 0 Å². The fourth-order valence-corrected chi connectivity index (χ4v) is 13.1. The van der Waals surface area contributed by atoms with Crippen molar-refractivity contribution in [3.63, 3.8) is 0 Å². The predicted molar refractivity (Wildman–Crippen MR) is 293 cm³/mol. The van der Waals surface area contributed by atoms with Crippen molar-refractivity contribution < 1.29 is 0 Å². The normalized spacial score (nSPS) is 16.0. The Hall–Kier alpha value is -7.16. The van der Waals surface area contributed by atoms with Crippen LogP contribution in [0.4, 0.5) is 17.1 Å². The lowest BCUT2D eigenvalue weighted by Gasteiger charge is -2.30. The van der Waals surface area contributed by atoms with Crippen molar-refractivity contribution in [2.24, 2.45) is 0 Å². The Balaban J connectivity index is 1.00. The van der Waals surface area contributed by atoms with Gasteiger partial charge in [-0.1, -0.05) is 192 Å². The summed E-state index contributed by atoms with van der Waals surface area (Å²) in [5.74, 6) is 1.31. The van der Waals surface area contributed by atoms with E-state index in [0.717, 1.165) is 17.1 Å². The Morgan fingerprint density at radius 3 is 1.75 bits per heavy atom. The molecule has 0 spiro atoms. The molecule has 3 aliphatic carbocycles. The first-order valence-corrected chi connectivity index (χ1v) is 25.9. The van der Waals surface area contributed by atoms with Crippen molar-refractivity contribution in [2.45, 2.75) is 95.3 Å². The highest BCUT2D eigenvalue weighted by Crippen LogP contribution is 2.55. The second kappa shape index (κ2) is 17.1. The topological polar surface area (TPSA) is 8.17 Å². The van der Waals surface area contributed by atoms with Gasteiger partial charge in [-0.2, -0.15) is 0 Å². The first-order chi connectivity index (χ1) is 34.0. The number of para-hydroxylation sites is 2. The third-order valence-electron chi connectivity index (χ3n) is 16.6. The third kappa shape index (κ3) is 7.13. The summed E-state index contributed by atoms with van der Waals surface area (Å²) in [6, 6.07) is 74.1. The van der Waals surface area contributed by atoms with Gasteiger partial charge in [-0.25, -0.2) is 0 Å². The summed E-state index contributed by atoms with van der Waals surface area (Å²) < 4.78 is 2.45. The number of rotatable bonds is 8. The Kier molecular flexibility index (Phi) is 10.4. The smallest absolute Gasteiger partial charge is 0.0546 e. The van der Waals surface area contributed by atoms with Crippen LogP contribution in [0.15, 0.2) is 194 Å². The summed E-state index contributed by atoms with van der Waals surface area (Å²) in [6.45, 7) is 4.87. The van der Waals surface area contributed by atoms with E-state index in [9.17, 15) is 0 Å². The summed E-state index contributed by atoms with van der Waals surface area (Å²) in [5.41, 5.74) is 20.7. The van der Waals surface area contributed by atoms with Gasteiger partial charge >= 0.3 is 0 Å². The number of aromatic nitrogens is 1. The quantitative estimate of drug-likeness (QED) is 0.148. The lowest BCUT2D eigenvalue weighted by atomic mass is 9.78. The molecule has 10 aromatic rings. The lowest BCUT2D eigenvalue weighted by molar-refractivity contribution is 0.443. The van der Waals surface area contributed by atoms with Crippen molar-refractivity contribution >= 4 is 49.6 Å². The van der Waals surface area contributed by atoms with Gasteiger partial charge in [0.25, 0.3) is 0 Å². The molecule has 0 unspecified atom stereocenters. The maximum absolute atomic E-state index is 2.55. The largest absolute Gasteiger partial charge is 0.310 e. The summed E-state index contributed by atoms with van der Waals surface area (Å²) in [7, 11) is 0. The molecule has 1 aromatic heterocycles. The zero-order valence-electron chi connectivity index (χ0n) is 40.1. The van der Waals surface area contributed by atoms with E-state index in [4.69, 9.17) is 0 Å². The molecule has 3 aliphatic rings. The second-order valence-electron chi connectivity index (χ2n) is 20.9. The Bertz CT molecular complexity index is 3490. The van der Waals surface area contributed by atoms with E-state index in [1.807, 2.05) is 0 Å². The number of fused-ring (bicyclic) bond motifs is 7. The third-order valence-corrected chi connectivity index (χ3v) is 16.6. The van der Waals surface area contributed by atoms with E-state index < -0.39 is 0 Å². The fourth-order valence-electron chi connectivity index (χ4n) is 13.1. The molecule has 69 heavy (non-hydrogen) atoms. The Morgan fingerprint density at radius 2 is 1.04 bits per heavy atom. The Morgan fingerprint density at radius 1 is 0.435 bits per heavy atom. The van der Waals surface area contributed by atoms with Crippen LogP contribution in [0.3, 0.4) is 0 Å². The molecule has 9 aromatic carbocycles. The van der Waals surface area contributed by atoms with E-state index in [0.29, 0.717) is 11.8 Å². The average Bonchev–Trinajstić information content (AvgIpc) is 3.87. The summed E-state index contributed by atoms with van der Waals surface area (Å²) in [5, 5.41) is 5.01. The van der Waals surface area contributed by atoms with Gasteiger partial charge in [-0.15, -0.1) is 0 Å². The van der Waals surface area contributed by atoms with Crippen LogP contribution in [0.2, 0.25) is 0 Å². The molecule has 0 bridgehead atoms. The molecule has 2 nitrogen and oxygen atoms in total. The lowest BCUT2D eigenvalue weighted by Crippen LogP contribution is -2.16. The van der Waals surface area contributed by atoms with Crippen molar-refractivity contribution in [3.8, 4) is 39.1 Å². The molecular formula is C67H60N2. The molecule has 0 N–H and O–H groups in total. The first-order valence-electron chi connectivity index (χ1n) is 25.9. The van der Waals surface area contributed by atoms with E-state index in [1.54, 1.807) is 5.56 Å². The highest BCUT2D eigenvalue weighted by molar-refractivity contribution is 6.10. The highest BCUT2D eigenvalue weighted by atomic mass is 15.1. The van der Waals surface area contributed by atoms with Gasteiger partial charge in [0.2, 0.25) is 0 Å². The van der Waals surface area contributed by atoms with Crippen LogP contribution in [-0.2, 0) is 5.41 Å². The van der Waals surface area contributed by atoms with Crippen molar-refractivity contribution in [2.75, 3.05) is 4.90 Å². The molecule has 0 amide bonds. The van der Waals surface area contributed by atoms with Gasteiger partial charge in [0.15, 0.2) is 0 Å². The van der Waals surface area contributed by atoms with E-state index >= 15 is 0 Å². The minimum atomic E-state index is -0.0890. The number of anilines is 3. The summed E-state index contributed by atoms with van der Waals surface area (Å²) >= 11 is 0. The minimum Gasteiger partial charge on any atom is -0.310 e. The molecule has 0 saturated heterocycles. The molecule has 0 atom stereocenters. The molecule has 2 heteroatoms. The number of benzene rings is 9. The van der Waals surface area contributed by atoms with Crippen LogP contribution >= 0.6 is 0 Å². The van der Waals surface area contributed by atoms with E-state index in [-0.39, 0.29) is 5.41 Å². The summed E-state index contributed by atoms with van der Waals surface area (Å²) in [4.78, 5) is 2.55. The maximum atomic E-state index is 2.55. The second-order valence-corrected chi connectivity index (χ2v) is 20.9. The van der Waals surface area contributed by atoms with E-state index in [1.165, 1.54) is 153 Å². The van der Waals surface area contributed by atoms with Gasteiger partial charge in [0.05, 0.1) is 16.7 Å². The van der Waals surface area contributed by atoms with Crippen LogP contribution in [0, 0.1) is 0 Å². The molecule has 0 aliphatic heterocycles. The monoisotopic (exact) mass is 892 g/mol. The minimum absolute atomic E-state index is 0.0890. The standard InChI is InChI=1S/C67H60N2/c1-67(2)60-41-40-54(44-59(60)66-56(27-16-28-61(66)67)49-19-7-4-8-20-49)68(52-38-35-48(36-39-52)47-33-31-46(32-34-47)45-17-5-3-6-18-45)64-42-37-50-21-9-10-24-55(50)65(64)51-22-15-23-53(43-51)69-62-29-13-11-25-57(62)58-26-12-14-30-63(58)69/h9-16,21-45,49H,3-8,17-20H2,1-2H3. The molecule has 0 radical (unpaired) electrons. The zero-order chi connectivity index (χ0) is 46.1. The van der Waals surface area contributed by atoms with Gasteiger partial charge in [-0.3, -0.25) is 0 Å². The van der Waals surface area contributed by atoms with Crippen molar-refractivity contribution in [3.05, 3.63) is 216 Å². The maximum Gasteiger partial charge on any atom is 0.0546 e. The predicted octanol–water partition coefficient (Wildman–Crippen LogP) is 19.1. The molecule has 13 rings (SSSR count). The van der Waals surface area contributed by atoms with E-state index in [2.05, 4.69) is 217 Å². The van der Waals surface area contributed by atoms with Crippen LogP contribution in [-0.4, -0.2) is 4.57 Å². The van der Waals surface area contributed by atoms with Gasteiger partial charge in [0, 0.05) is 38.8 Å². The average molecular weight is 893 g/mol. The van der Waals surface area contributed by atoms with Crippen LogP contribution in [0.1, 0.15) is 112 Å². The van der Waals surface area contributed by atoms with Gasteiger partial charge in [-0.05, 0) is 153 Å². The molecule has 2 saturated carbocycles. The van der Waals surface area contributed by atoms with Gasteiger partial charge < -0.3 is 9.47 Å². The molecule has 1 heterocycles. The molecular weight excluding hydrogens is 833 g/mol. The van der Waals surface area contributed by atoms with Crippen LogP contribution in [0.5, 0.6) is 0 Å². The van der Waals surface area contributed by atoms with Crippen molar-refractivity contribution in [1.82, 2.24) is 4.57 Å². The number of hydrogen-bond acceptors (Lipinski definition) is 1. The number of hydrogen-bond donors (Lipinski definition) is 0. The highest BCUT2D eigenvalue weighted by Gasteiger charge is 2.38. The SMILES string of the molecule is CC1(C)c2ccc(N(c3ccc(-c4ccc(C5CCCCC5)cc4)cc3)c3ccc4ccccc4c3-c3cccc(-n4c5ccccc5c5ccccc54)c3)cc2-c2c(C3CCCCC3)cccc21. The first kappa shape index (κ1) is 42.0. The number of nitrogens with zero attached hydrogens (tertiary/aromatic N) is 2. The Labute approximate surface area is 407 Å².